The molecular formula is C13H15F2N3S. The summed E-state index contributed by atoms with van der Waals surface area (Å²) >= 11 is 1.56. The number of alkyl halides is 2. The van der Waals surface area contributed by atoms with Crippen molar-refractivity contribution in [2.45, 2.75) is 19.3 Å². The Morgan fingerprint density at radius 2 is 2.21 bits per heavy atom. The predicted octanol–water partition coefficient (Wildman–Crippen LogP) is 3.88. The number of anilines is 2. The van der Waals surface area contributed by atoms with Crippen molar-refractivity contribution in [3.63, 3.8) is 0 Å². The summed E-state index contributed by atoms with van der Waals surface area (Å²) in [4.78, 5) is 4.21. The van der Waals surface area contributed by atoms with Crippen LogP contribution in [0.25, 0.3) is 0 Å². The molecule has 1 unspecified atom stereocenters. The van der Waals surface area contributed by atoms with Crippen LogP contribution in [0.1, 0.15) is 29.8 Å². The number of hydrogen-bond donors (Lipinski definition) is 2. The van der Waals surface area contributed by atoms with Crippen molar-refractivity contribution in [1.82, 2.24) is 4.98 Å². The van der Waals surface area contributed by atoms with Crippen LogP contribution in [0.15, 0.2) is 29.8 Å². The smallest absolute Gasteiger partial charge is 0.265 e. The average molecular weight is 283 g/mol. The van der Waals surface area contributed by atoms with E-state index >= 15 is 0 Å². The number of thiazole rings is 1. The van der Waals surface area contributed by atoms with Gasteiger partial charge in [-0.2, -0.15) is 0 Å². The zero-order valence-electron chi connectivity index (χ0n) is 10.4. The molecule has 1 atom stereocenters. The predicted molar refractivity (Wildman–Crippen MR) is 74.8 cm³/mol. The minimum absolute atomic E-state index is 0.0636. The number of nitrogens with two attached hydrogens (primary N) is 1. The molecule has 0 saturated heterocycles. The number of nitrogens with one attached hydrogen (secondary N) is 1. The standard InChI is InChI=1S/C13H15F2N3S/c1-8(13-17-4-5-19-13)7-18-11-3-2-9(16)6-10(11)12(14)15/h2-6,8,12,18H,7,16H2,1H3. The lowest BCUT2D eigenvalue weighted by molar-refractivity contribution is 0.152. The van der Waals surface area contributed by atoms with Gasteiger partial charge < -0.3 is 11.1 Å². The summed E-state index contributed by atoms with van der Waals surface area (Å²) in [5, 5.41) is 5.93. The Balaban J connectivity index is 2.07. The van der Waals surface area contributed by atoms with Crippen molar-refractivity contribution in [3.05, 3.63) is 40.3 Å². The number of nitrogen functional groups attached to an aromatic ring is 1. The zero-order valence-corrected chi connectivity index (χ0v) is 11.3. The molecule has 1 aromatic carbocycles. The summed E-state index contributed by atoms with van der Waals surface area (Å²) < 4.78 is 25.8. The lowest BCUT2D eigenvalue weighted by Crippen LogP contribution is -2.11. The van der Waals surface area contributed by atoms with Gasteiger partial charge in [-0.3, -0.25) is 0 Å². The SMILES string of the molecule is CC(CNc1ccc(N)cc1C(F)F)c1nccs1. The lowest BCUT2D eigenvalue weighted by Gasteiger charge is -2.15. The van der Waals surface area contributed by atoms with Gasteiger partial charge in [0.1, 0.15) is 0 Å². The van der Waals surface area contributed by atoms with Crippen molar-refractivity contribution in [2.24, 2.45) is 0 Å². The summed E-state index contributed by atoms with van der Waals surface area (Å²) in [7, 11) is 0. The van der Waals surface area contributed by atoms with Crippen LogP contribution in [-0.2, 0) is 0 Å². The second-order valence-electron chi connectivity index (χ2n) is 4.30. The molecular weight excluding hydrogens is 268 g/mol. The summed E-state index contributed by atoms with van der Waals surface area (Å²) in [5.74, 6) is 0.170. The molecule has 0 bridgehead atoms. The lowest BCUT2D eigenvalue weighted by atomic mass is 10.1. The molecule has 2 aromatic rings. The number of hydrogen-bond acceptors (Lipinski definition) is 4. The molecule has 0 aliphatic carbocycles. The van der Waals surface area contributed by atoms with Crippen LogP contribution in [0.2, 0.25) is 0 Å². The van der Waals surface area contributed by atoms with Crippen LogP contribution < -0.4 is 11.1 Å². The third kappa shape index (κ3) is 3.41. The van der Waals surface area contributed by atoms with Crippen LogP contribution in [-0.4, -0.2) is 11.5 Å². The van der Waals surface area contributed by atoms with E-state index in [4.69, 9.17) is 5.73 Å². The summed E-state index contributed by atoms with van der Waals surface area (Å²) in [6.07, 6.45) is -0.800. The minimum Gasteiger partial charge on any atom is -0.399 e. The van der Waals surface area contributed by atoms with Gasteiger partial charge in [-0.15, -0.1) is 11.3 Å². The van der Waals surface area contributed by atoms with Gasteiger partial charge in [0, 0.05) is 41.0 Å². The van der Waals surface area contributed by atoms with Gasteiger partial charge in [0.15, 0.2) is 0 Å². The summed E-state index contributed by atoms with van der Waals surface area (Å²) in [6.45, 7) is 2.56. The number of nitrogens with zero attached hydrogens (tertiary/aromatic N) is 1. The molecule has 102 valence electrons. The highest BCUT2D eigenvalue weighted by atomic mass is 32.1. The first-order chi connectivity index (χ1) is 9.08. The molecule has 0 amide bonds. The third-order valence-corrected chi connectivity index (χ3v) is 3.79. The molecule has 0 radical (unpaired) electrons. The Labute approximate surface area is 114 Å². The fraction of sp³-hybridized carbons (Fsp3) is 0.308. The van der Waals surface area contributed by atoms with Crippen molar-refractivity contribution < 1.29 is 8.78 Å². The molecule has 0 spiro atoms. The van der Waals surface area contributed by atoms with Crippen molar-refractivity contribution in [1.29, 1.82) is 0 Å². The minimum atomic E-state index is -2.54. The molecule has 1 heterocycles. The van der Waals surface area contributed by atoms with E-state index in [0.29, 0.717) is 17.9 Å². The van der Waals surface area contributed by atoms with Gasteiger partial charge in [-0.1, -0.05) is 6.92 Å². The number of benzene rings is 1. The molecule has 1 aromatic heterocycles. The van der Waals surface area contributed by atoms with Crippen molar-refractivity contribution >= 4 is 22.7 Å². The maximum absolute atomic E-state index is 12.9. The highest BCUT2D eigenvalue weighted by Gasteiger charge is 2.14. The Kier molecular flexibility index (Phi) is 4.31. The second-order valence-corrected chi connectivity index (χ2v) is 5.23. The second kappa shape index (κ2) is 5.97. The summed E-state index contributed by atoms with van der Waals surface area (Å²) in [5.41, 5.74) is 6.23. The molecule has 0 aliphatic rings. The van der Waals surface area contributed by atoms with Crippen LogP contribution in [0.4, 0.5) is 20.2 Å². The fourth-order valence-electron chi connectivity index (χ4n) is 1.75. The highest BCUT2D eigenvalue weighted by molar-refractivity contribution is 7.09. The Morgan fingerprint density at radius 1 is 1.42 bits per heavy atom. The van der Waals surface area contributed by atoms with Crippen molar-refractivity contribution in [3.8, 4) is 0 Å². The zero-order chi connectivity index (χ0) is 13.8. The molecule has 6 heteroatoms. The first-order valence-electron chi connectivity index (χ1n) is 5.88. The first kappa shape index (κ1) is 13.7. The van der Waals surface area contributed by atoms with E-state index in [-0.39, 0.29) is 11.5 Å². The molecule has 3 N–H and O–H groups in total. The Hall–Kier alpha value is -1.69. The van der Waals surface area contributed by atoms with Crippen LogP contribution in [0.3, 0.4) is 0 Å². The van der Waals surface area contributed by atoms with Gasteiger partial charge in [-0.25, -0.2) is 13.8 Å². The Morgan fingerprint density at radius 3 is 2.84 bits per heavy atom. The van der Waals surface area contributed by atoms with Gasteiger partial charge in [0.2, 0.25) is 0 Å². The van der Waals surface area contributed by atoms with Crippen LogP contribution in [0, 0.1) is 0 Å². The van der Waals surface area contributed by atoms with Gasteiger partial charge in [0.25, 0.3) is 6.43 Å². The van der Waals surface area contributed by atoms with E-state index in [9.17, 15) is 8.78 Å². The molecule has 0 saturated carbocycles. The molecule has 19 heavy (non-hydrogen) atoms. The van der Waals surface area contributed by atoms with E-state index < -0.39 is 6.43 Å². The first-order valence-corrected chi connectivity index (χ1v) is 6.76. The van der Waals surface area contributed by atoms with E-state index in [1.54, 1.807) is 29.7 Å². The van der Waals surface area contributed by atoms with Crippen LogP contribution >= 0.6 is 11.3 Å². The quantitative estimate of drug-likeness (QED) is 0.819. The number of halogens is 2. The van der Waals surface area contributed by atoms with E-state index in [0.717, 1.165) is 5.01 Å². The maximum atomic E-state index is 12.9. The van der Waals surface area contributed by atoms with Gasteiger partial charge >= 0.3 is 0 Å². The molecule has 2 rings (SSSR count). The average Bonchev–Trinajstić information content (AvgIpc) is 2.90. The molecule has 0 aliphatic heterocycles. The van der Waals surface area contributed by atoms with E-state index in [1.807, 2.05) is 12.3 Å². The largest absolute Gasteiger partial charge is 0.399 e. The number of aromatic nitrogens is 1. The van der Waals surface area contributed by atoms with Crippen molar-refractivity contribution in [2.75, 3.05) is 17.6 Å². The fourth-order valence-corrected chi connectivity index (χ4v) is 2.45. The normalized spacial score (nSPS) is 12.6. The van der Waals surface area contributed by atoms with Gasteiger partial charge in [-0.05, 0) is 18.2 Å². The number of rotatable bonds is 5. The molecule has 0 fully saturated rings. The Bertz CT molecular complexity index is 529. The third-order valence-electron chi connectivity index (χ3n) is 2.78. The van der Waals surface area contributed by atoms with E-state index in [2.05, 4.69) is 10.3 Å². The monoisotopic (exact) mass is 283 g/mol. The topological polar surface area (TPSA) is 50.9 Å². The maximum Gasteiger partial charge on any atom is 0.265 e. The summed E-state index contributed by atoms with van der Waals surface area (Å²) in [6, 6.07) is 4.51. The highest BCUT2D eigenvalue weighted by Crippen LogP contribution is 2.29. The van der Waals surface area contributed by atoms with Crippen LogP contribution in [0.5, 0.6) is 0 Å². The van der Waals surface area contributed by atoms with E-state index in [1.165, 1.54) is 6.07 Å². The molecule has 3 nitrogen and oxygen atoms in total. The van der Waals surface area contributed by atoms with Gasteiger partial charge in [0.05, 0.1) is 5.01 Å².